The average molecular weight is 332 g/mol. The molecule has 4 rings (SSSR count). The van der Waals surface area contributed by atoms with Crippen molar-refractivity contribution in [3.8, 4) is 22.4 Å². The number of aromatic nitrogens is 1. The van der Waals surface area contributed by atoms with E-state index in [9.17, 15) is 4.79 Å². The van der Waals surface area contributed by atoms with Gasteiger partial charge in [-0.05, 0) is 41.0 Å². The summed E-state index contributed by atoms with van der Waals surface area (Å²) in [5.41, 5.74) is 5.60. The van der Waals surface area contributed by atoms with Gasteiger partial charge in [0.1, 0.15) is 0 Å². The number of halogens is 1. The largest absolute Gasteiger partial charge is 0.354 e. The fourth-order valence-corrected chi connectivity index (χ4v) is 3.12. The van der Waals surface area contributed by atoms with E-state index in [2.05, 4.69) is 29.2 Å². The van der Waals surface area contributed by atoms with Gasteiger partial charge in [0, 0.05) is 21.5 Å². The van der Waals surface area contributed by atoms with Gasteiger partial charge in [0.05, 0.1) is 5.69 Å². The van der Waals surface area contributed by atoms with E-state index >= 15 is 0 Å². The molecule has 0 atom stereocenters. The number of hydrogen-bond acceptors (Lipinski definition) is 1. The fraction of sp³-hybridized carbons (Fsp3) is 0. The Kier molecular flexibility index (Phi) is 3.68. The maximum Gasteiger partial charge on any atom is 0.152 e. The molecule has 24 heavy (non-hydrogen) atoms. The molecule has 3 heteroatoms. The van der Waals surface area contributed by atoms with Gasteiger partial charge in [-0.1, -0.05) is 60.1 Å². The van der Waals surface area contributed by atoms with Crippen molar-refractivity contribution < 1.29 is 4.79 Å². The van der Waals surface area contributed by atoms with Crippen LogP contribution in [0.3, 0.4) is 0 Å². The topological polar surface area (TPSA) is 32.9 Å². The van der Waals surface area contributed by atoms with Crippen molar-refractivity contribution in [3.05, 3.63) is 83.4 Å². The van der Waals surface area contributed by atoms with Crippen molar-refractivity contribution >= 4 is 28.8 Å². The van der Waals surface area contributed by atoms with Crippen molar-refractivity contribution in [1.82, 2.24) is 4.98 Å². The summed E-state index contributed by atoms with van der Waals surface area (Å²) < 4.78 is 0. The molecule has 0 aliphatic rings. The predicted molar refractivity (Wildman–Crippen MR) is 99.6 cm³/mol. The maximum atomic E-state index is 11.7. The molecule has 1 N–H and O–H groups in total. The molecule has 0 aliphatic carbocycles. The molecule has 0 bridgehead atoms. The Morgan fingerprint density at radius 3 is 2.21 bits per heavy atom. The molecule has 0 radical (unpaired) electrons. The average Bonchev–Trinajstić information content (AvgIpc) is 3.00. The van der Waals surface area contributed by atoms with E-state index in [-0.39, 0.29) is 0 Å². The normalized spacial score (nSPS) is 10.9. The van der Waals surface area contributed by atoms with E-state index in [1.54, 1.807) is 0 Å². The summed E-state index contributed by atoms with van der Waals surface area (Å²) in [6.45, 7) is 0. The minimum Gasteiger partial charge on any atom is -0.354 e. The third kappa shape index (κ3) is 2.51. The van der Waals surface area contributed by atoms with E-state index in [0.717, 1.165) is 39.6 Å². The molecular weight excluding hydrogens is 318 g/mol. The van der Waals surface area contributed by atoms with E-state index in [1.165, 1.54) is 0 Å². The number of carbonyl (C=O) groups is 1. The molecule has 1 heterocycles. The van der Waals surface area contributed by atoms with Gasteiger partial charge in [-0.25, -0.2) is 0 Å². The second-order valence-electron chi connectivity index (χ2n) is 5.66. The van der Waals surface area contributed by atoms with Crippen LogP contribution in [-0.4, -0.2) is 11.3 Å². The van der Waals surface area contributed by atoms with Gasteiger partial charge in [-0.15, -0.1) is 0 Å². The number of fused-ring (bicyclic) bond motifs is 1. The Labute approximate surface area is 144 Å². The maximum absolute atomic E-state index is 11.7. The van der Waals surface area contributed by atoms with Gasteiger partial charge in [0.15, 0.2) is 6.29 Å². The Bertz CT molecular complexity index is 1020. The Morgan fingerprint density at radius 1 is 0.792 bits per heavy atom. The molecule has 3 aromatic carbocycles. The minimum atomic E-state index is 0.671. The van der Waals surface area contributed by atoms with Crippen LogP contribution in [0.15, 0.2) is 72.8 Å². The van der Waals surface area contributed by atoms with Crippen LogP contribution in [0, 0.1) is 0 Å². The molecule has 0 amide bonds. The second-order valence-corrected chi connectivity index (χ2v) is 6.10. The first kappa shape index (κ1) is 14.7. The van der Waals surface area contributed by atoms with E-state index in [4.69, 9.17) is 11.6 Å². The molecule has 0 saturated carbocycles. The van der Waals surface area contributed by atoms with Crippen LogP contribution in [0.2, 0.25) is 5.02 Å². The third-order valence-corrected chi connectivity index (χ3v) is 4.45. The number of benzene rings is 3. The molecule has 1 aromatic heterocycles. The zero-order valence-electron chi connectivity index (χ0n) is 12.8. The number of nitrogens with one attached hydrogen (secondary N) is 1. The summed E-state index contributed by atoms with van der Waals surface area (Å²) in [6.07, 6.45) is 0.914. The Hall–Kier alpha value is -2.84. The summed E-state index contributed by atoms with van der Waals surface area (Å²) in [6, 6.07) is 23.8. The second kappa shape index (κ2) is 5.99. The van der Waals surface area contributed by atoms with E-state index < -0.39 is 0 Å². The van der Waals surface area contributed by atoms with E-state index in [0.29, 0.717) is 10.6 Å². The summed E-state index contributed by atoms with van der Waals surface area (Å²) in [5.74, 6) is 0. The molecule has 0 saturated heterocycles. The first-order chi connectivity index (χ1) is 11.8. The smallest absolute Gasteiger partial charge is 0.152 e. The fourth-order valence-electron chi connectivity index (χ4n) is 2.99. The lowest BCUT2D eigenvalue weighted by atomic mass is 10.0. The third-order valence-electron chi connectivity index (χ3n) is 4.20. The quantitative estimate of drug-likeness (QED) is 0.461. The lowest BCUT2D eigenvalue weighted by Crippen LogP contribution is -1.84. The minimum absolute atomic E-state index is 0.671. The molecular formula is C21H14ClNO. The number of rotatable bonds is 3. The molecule has 116 valence electrons. The van der Waals surface area contributed by atoms with Crippen molar-refractivity contribution in [3.63, 3.8) is 0 Å². The highest BCUT2D eigenvalue weighted by atomic mass is 35.5. The van der Waals surface area contributed by atoms with Crippen molar-refractivity contribution in [2.24, 2.45) is 0 Å². The number of aromatic amines is 1. The first-order valence-corrected chi connectivity index (χ1v) is 8.06. The standard InChI is InChI=1S/C21H14ClNO/c22-17-9-6-15(7-10-17)21-19(13-24)18-12-16(8-11-20(18)23-21)14-4-2-1-3-5-14/h1-13,23H. The Balaban J connectivity index is 1.91. The van der Waals surface area contributed by atoms with Gasteiger partial charge in [-0.3, -0.25) is 4.79 Å². The van der Waals surface area contributed by atoms with Crippen molar-refractivity contribution in [1.29, 1.82) is 0 Å². The highest BCUT2D eigenvalue weighted by molar-refractivity contribution is 6.30. The van der Waals surface area contributed by atoms with Crippen LogP contribution in [0.25, 0.3) is 33.3 Å². The van der Waals surface area contributed by atoms with Crippen molar-refractivity contribution in [2.75, 3.05) is 0 Å². The molecule has 0 fully saturated rings. The number of H-pyrrole nitrogens is 1. The van der Waals surface area contributed by atoms with E-state index in [1.807, 2.05) is 48.5 Å². The summed E-state index contributed by atoms with van der Waals surface area (Å²) in [5, 5.41) is 1.60. The number of aldehydes is 1. The van der Waals surface area contributed by atoms with Crippen LogP contribution >= 0.6 is 11.6 Å². The van der Waals surface area contributed by atoms with Gasteiger partial charge in [-0.2, -0.15) is 0 Å². The van der Waals surface area contributed by atoms with Gasteiger partial charge < -0.3 is 4.98 Å². The monoisotopic (exact) mass is 331 g/mol. The number of hydrogen-bond donors (Lipinski definition) is 1. The molecule has 2 nitrogen and oxygen atoms in total. The van der Waals surface area contributed by atoms with Crippen LogP contribution < -0.4 is 0 Å². The van der Waals surface area contributed by atoms with Gasteiger partial charge in [0.2, 0.25) is 0 Å². The van der Waals surface area contributed by atoms with Gasteiger partial charge in [0.25, 0.3) is 0 Å². The zero-order valence-corrected chi connectivity index (χ0v) is 13.5. The highest BCUT2D eigenvalue weighted by Crippen LogP contribution is 2.32. The Morgan fingerprint density at radius 2 is 1.50 bits per heavy atom. The SMILES string of the molecule is O=Cc1c(-c2ccc(Cl)cc2)[nH]c2ccc(-c3ccccc3)cc12. The summed E-state index contributed by atoms with van der Waals surface area (Å²) in [4.78, 5) is 15.1. The predicted octanol–water partition coefficient (Wildman–Crippen LogP) is 5.97. The van der Waals surface area contributed by atoms with Crippen LogP contribution in [0.5, 0.6) is 0 Å². The zero-order chi connectivity index (χ0) is 16.5. The van der Waals surface area contributed by atoms with Crippen molar-refractivity contribution in [2.45, 2.75) is 0 Å². The lowest BCUT2D eigenvalue weighted by Gasteiger charge is -2.02. The lowest BCUT2D eigenvalue weighted by molar-refractivity contribution is 0.112. The molecule has 4 aromatic rings. The van der Waals surface area contributed by atoms with Crippen LogP contribution in [0.1, 0.15) is 10.4 Å². The molecule has 0 unspecified atom stereocenters. The first-order valence-electron chi connectivity index (χ1n) is 7.68. The highest BCUT2D eigenvalue weighted by Gasteiger charge is 2.13. The summed E-state index contributed by atoms with van der Waals surface area (Å²) >= 11 is 5.96. The van der Waals surface area contributed by atoms with Gasteiger partial charge >= 0.3 is 0 Å². The van der Waals surface area contributed by atoms with Crippen LogP contribution in [0.4, 0.5) is 0 Å². The molecule has 0 spiro atoms. The summed E-state index contributed by atoms with van der Waals surface area (Å²) in [7, 11) is 0. The number of carbonyl (C=O) groups excluding carboxylic acids is 1. The molecule has 0 aliphatic heterocycles. The van der Waals surface area contributed by atoms with Crippen LogP contribution in [-0.2, 0) is 0 Å².